The molecule has 60 valence electrons. The lowest BCUT2D eigenvalue weighted by molar-refractivity contribution is -0.128. The standard InChI is InChI=1S/C7H12F2O/c1-5(4-10)6-2-7(8,9)3-6/h5-6,10H,2-4H2,1H3/t5-/m1/s1. The normalized spacial score (nSPS) is 27.6. The van der Waals surface area contributed by atoms with E-state index in [2.05, 4.69) is 0 Å². The van der Waals surface area contributed by atoms with Crippen molar-refractivity contribution < 1.29 is 13.9 Å². The Morgan fingerprint density at radius 1 is 1.60 bits per heavy atom. The third kappa shape index (κ3) is 1.45. The molecule has 0 heterocycles. The molecule has 0 aromatic heterocycles. The topological polar surface area (TPSA) is 20.2 Å². The van der Waals surface area contributed by atoms with Gasteiger partial charge in [0.25, 0.3) is 0 Å². The van der Waals surface area contributed by atoms with Gasteiger partial charge in [-0.2, -0.15) is 0 Å². The zero-order valence-electron chi connectivity index (χ0n) is 5.98. The molecule has 0 aromatic rings. The van der Waals surface area contributed by atoms with Crippen LogP contribution >= 0.6 is 0 Å². The average molecular weight is 150 g/mol. The van der Waals surface area contributed by atoms with Gasteiger partial charge in [-0.15, -0.1) is 0 Å². The smallest absolute Gasteiger partial charge is 0.248 e. The maximum atomic E-state index is 12.2. The second-order valence-corrected chi connectivity index (χ2v) is 3.18. The van der Waals surface area contributed by atoms with Gasteiger partial charge in [0.2, 0.25) is 5.92 Å². The SMILES string of the molecule is C[C@H](CO)C1CC(F)(F)C1. The lowest BCUT2D eigenvalue weighted by Gasteiger charge is -2.38. The van der Waals surface area contributed by atoms with Crippen molar-refractivity contribution in [1.29, 1.82) is 0 Å². The second kappa shape index (κ2) is 2.46. The van der Waals surface area contributed by atoms with Crippen LogP contribution < -0.4 is 0 Å². The first-order chi connectivity index (χ1) is 4.55. The highest BCUT2D eigenvalue weighted by Crippen LogP contribution is 2.45. The first kappa shape index (κ1) is 7.92. The van der Waals surface area contributed by atoms with Gasteiger partial charge < -0.3 is 5.11 Å². The minimum absolute atomic E-state index is 0.0285. The predicted octanol–water partition coefficient (Wildman–Crippen LogP) is 1.66. The van der Waals surface area contributed by atoms with Crippen molar-refractivity contribution in [3.8, 4) is 0 Å². The highest BCUT2D eigenvalue weighted by atomic mass is 19.3. The zero-order valence-corrected chi connectivity index (χ0v) is 5.98. The molecule has 0 unspecified atom stereocenters. The summed E-state index contributed by atoms with van der Waals surface area (Å²) in [6, 6.07) is 0. The van der Waals surface area contributed by atoms with Crippen LogP contribution in [0.1, 0.15) is 19.8 Å². The molecule has 10 heavy (non-hydrogen) atoms. The summed E-state index contributed by atoms with van der Waals surface area (Å²) in [6.45, 7) is 1.83. The van der Waals surface area contributed by atoms with E-state index in [9.17, 15) is 8.78 Å². The number of hydrogen-bond donors (Lipinski definition) is 1. The van der Waals surface area contributed by atoms with Gasteiger partial charge in [-0.25, -0.2) is 8.78 Å². The molecule has 1 aliphatic rings. The highest BCUT2D eigenvalue weighted by molar-refractivity contribution is 4.88. The quantitative estimate of drug-likeness (QED) is 0.634. The van der Waals surface area contributed by atoms with Crippen molar-refractivity contribution >= 4 is 0 Å². The molecule has 0 aromatic carbocycles. The van der Waals surface area contributed by atoms with Crippen LogP contribution in [0.15, 0.2) is 0 Å². The van der Waals surface area contributed by atoms with E-state index in [1.54, 1.807) is 6.92 Å². The van der Waals surface area contributed by atoms with Crippen molar-refractivity contribution in [2.45, 2.75) is 25.7 Å². The molecule has 1 nitrogen and oxygen atoms in total. The van der Waals surface area contributed by atoms with E-state index in [1.807, 2.05) is 0 Å². The van der Waals surface area contributed by atoms with Crippen LogP contribution in [0.3, 0.4) is 0 Å². The van der Waals surface area contributed by atoms with Crippen molar-refractivity contribution in [3.63, 3.8) is 0 Å². The van der Waals surface area contributed by atoms with E-state index in [-0.39, 0.29) is 31.3 Å². The van der Waals surface area contributed by atoms with Crippen molar-refractivity contribution in [1.82, 2.24) is 0 Å². The molecule has 3 heteroatoms. The third-order valence-corrected chi connectivity index (χ3v) is 2.21. The number of hydrogen-bond acceptors (Lipinski definition) is 1. The summed E-state index contributed by atoms with van der Waals surface area (Å²) >= 11 is 0. The van der Waals surface area contributed by atoms with Crippen molar-refractivity contribution in [3.05, 3.63) is 0 Å². The Labute approximate surface area is 59.0 Å². The highest BCUT2D eigenvalue weighted by Gasteiger charge is 2.46. The van der Waals surface area contributed by atoms with Crippen LogP contribution in [-0.4, -0.2) is 17.6 Å². The Morgan fingerprint density at radius 3 is 2.40 bits per heavy atom. The third-order valence-electron chi connectivity index (χ3n) is 2.21. The first-order valence-corrected chi connectivity index (χ1v) is 3.54. The van der Waals surface area contributed by atoms with Crippen LogP contribution in [0.2, 0.25) is 0 Å². The minimum atomic E-state index is -2.44. The molecule has 1 aliphatic carbocycles. The molecule has 0 amide bonds. The molecule has 1 saturated carbocycles. The van der Waals surface area contributed by atoms with Gasteiger partial charge in [-0.05, 0) is 11.8 Å². The molecule has 1 atom stereocenters. The van der Waals surface area contributed by atoms with Gasteiger partial charge in [-0.1, -0.05) is 6.92 Å². The summed E-state index contributed by atoms with van der Waals surface area (Å²) in [5.74, 6) is -2.35. The Bertz CT molecular complexity index is 117. The van der Waals surface area contributed by atoms with E-state index in [0.29, 0.717) is 0 Å². The van der Waals surface area contributed by atoms with Crippen LogP contribution in [0.4, 0.5) is 8.78 Å². The van der Waals surface area contributed by atoms with Gasteiger partial charge in [0.05, 0.1) is 0 Å². The first-order valence-electron chi connectivity index (χ1n) is 3.54. The summed E-state index contributed by atoms with van der Waals surface area (Å²) in [4.78, 5) is 0. The summed E-state index contributed by atoms with van der Waals surface area (Å²) in [7, 11) is 0. The average Bonchev–Trinajstić information content (AvgIpc) is 1.81. The lowest BCUT2D eigenvalue weighted by atomic mass is 9.74. The summed E-state index contributed by atoms with van der Waals surface area (Å²) in [6.07, 6.45) is -0.0660. The summed E-state index contributed by atoms with van der Waals surface area (Å²) in [5.41, 5.74) is 0. The van der Waals surface area contributed by atoms with Gasteiger partial charge in [0.1, 0.15) is 0 Å². The number of aliphatic hydroxyl groups excluding tert-OH is 1. The minimum Gasteiger partial charge on any atom is -0.396 e. The van der Waals surface area contributed by atoms with Crippen molar-refractivity contribution in [2.24, 2.45) is 11.8 Å². The fourth-order valence-corrected chi connectivity index (χ4v) is 1.26. The largest absolute Gasteiger partial charge is 0.396 e. The molecule has 0 bridgehead atoms. The van der Waals surface area contributed by atoms with E-state index in [1.165, 1.54) is 0 Å². The summed E-state index contributed by atoms with van der Waals surface area (Å²) in [5, 5.41) is 8.60. The van der Waals surface area contributed by atoms with Crippen LogP contribution in [0.25, 0.3) is 0 Å². The van der Waals surface area contributed by atoms with E-state index >= 15 is 0 Å². The monoisotopic (exact) mass is 150 g/mol. The van der Waals surface area contributed by atoms with Gasteiger partial charge in [0.15, 0.2) is 0 Å². The Morgan fingerprint density at radius 2 is 2.10 bits per heavy atom. The van der Waals surface area contributed by atoms with Crippen LogP contribution in [-0.2, 0) is 0 Å². The number of halogens is 2. The number of alkyl halides is 2. The Balaban J connectivity index is 2.26. The fraction of sp³-hybridized carbons (Fsp3) is 1.00. The van der Waals surface area contributed by atoms with E-state index in [0.717, 1.165) is 0 Å². The van der Waals surface area contributed by atoms with E-state index < -0.39 is 5.92 Å². The maximum Gasteiger partial charge on any atom is 0.248 e. The number of rotatable bonds is 2. The molecular formula is C7H12F2O. The van der Waals surface area contributed by atoms with Crippen LogP contribution in [0, 0.1) is 11.8 Å². The lowest BCUT2D eigenvalue weighted by Crippen LogP contribution is -2.39. The summed E-state index contributed by atoms with van der Waals surface area (Å²) < 4.78 is 24.4. The predicted molar refractivity (Wildman–Crippen MR) is 33.9 cm³/mol. The molecule has 0 aliphatic heterocycles. The van der Waals surface area contributed by atoms with E-state index in [4.69, 9.17) is 5.11 Å². The van der Waals surface area contributed by atoms with Crippen molar-refractivity contribution in [2.75, 3.05) is 6.61 Å². The maximum absolute atomic E-state index is 12.2. The van der Waals surface area contributed by atoms with Gasteiger partial charge in [0, 0.05) is 19.4 Å². The molecule has 0 saturated heterocycles. The molecule has 1 rings (SSSR count). The number of aliphatic hydroxyl groups is 1. The van der Waals surface area contributed by atoms with Crippen LogP contribution in [0.5, 0.6) is 0 Å². The Kier molecular flexibility index (Phi) is 1.95. The fourth-order valence-electron chi connectivity index (χ4n) is 1.26. The molecule has 1 fully saturated rings. The molecule has 0 radical (unpaired) electrons. The van der Waals surface area contributed by atoms with Gasteiger partial charge in [-0.3, -0.25) is 0 Å². The molecular weight excluding hydrogens is 138 g/mol. The van der Waals surface area contributed by atoms with Gasteiger partial charge >= 0.3 is 0 Å². The molecule has 0 spiro atoms. The Hall–Kier alpha value is -0.180. The second-order valence-electron chi connectivity index (χ2n) is 3.18. The zero-order chi connectivity index (χ0) is 7.78. The molecule has 1 N–H and O–H groups in total.